The van der Waals surface area contributed by atoms with Gasteiger partial charge in [-0.05, 0) is 29.3 Å². The molecule has 2 aromatic carbocycles. The highest BCUT2D eigenvalue weighted by Gasteiger charge is 2.05. The third-order valence-electron chi connectivity index (χ3n) is 4.18. The lowest BCUT2D eigenvalue weighted by Crippen LogP contribution is -2.00. The van der Waals surface area contributed by atoms with Crippen molar-refractivity contribution >= 4 is 23.5 Å². The molecule has 0 amide bonds. The molecule has 0 bridgehead atoms. The first-order chi connectivity index (χ1) is 13.8. The van der Waals surface area contributed by atoms with Crippen molar-refractivity contribution in [2.45, 2.75) is 12.3 Å². The fourth-order valence-corrected chi connectivity index (χ4v) is 3.23. The molecule has 0 saturated carbocycles. The lowest BCUT2D eigenvalue weighted by atomic mass is 10.1. The van der Waals surface area contributed by atoms with Crippen LogP contribution in [0.15, 0.2) is 73.6 Å². The van der Waals surface area contributed by atoms with Crippen molar-refractivity contribution in [1.29, 1.82) is 0 Å². The van der Waals surface area contributed by atoms with Gasteiger partial charge in [0.05, 0.1) is 12.2 Å². The van der Waals surface area contributed by atoms with Crippen molar-refractivity contribution in [3.63, 3.8) is 0 Å². The van der Waals surface area contributed by atoms with Crippen molar-refractivity contribution < 1.29 is 0 Å². The van der Waals surface area contributed by atoms with Gasteiger partial charge in [0.2, 0.25) is 0 Å². The van der Waals surface area contributed by atoms with E-state index in [-0.39, 0.29) is 0 Å². The first-order valence-corrected chi connectivity index (χ1v) is 9.76. The zero-order chi connectivity index (χ0) is 19.2. The zero-order valence-electron chi connectivity index (χ0n) is 15.1. The van der Waals surface area contributed by atoms with Gasteiger partial charge in [0.25, 0.3) is 0 Å². The minimum Gasteiger partial charge on any atom is -0.340 e. The van der Waals surface area contributed by atoms with Gasteiger partial charge in [-0.1, -0.05) is 42.3 Å². The number of nitrogens with one attached hydrogen (secondary N) is 1. The molecule has 0 aliphatic heterocycles. The van der Waals surface area contributed by atoms with Crippen LogP contribution in [-0.4, -0.2) is 24.7 Å². The molecule has 0 aliphatic rings. The molecule has 0 atom stereocenters. The Morgan fingerprint density at radius 3 is 2.64 bits per heavy atom. The number of benzene rings is 2. The Hall–Kier alpha value is -3.23. The number of nitrogens with two attached hydrogens (primary N) is 1. The zero-order valence-corrected chi connectivity index (χ0v) is 15.9. The van der Waals surface area contributed by atoms with Crippen LogP contribution in [0.2, 0.25) is 0 Å². The fourth-order valence-electron chi connectivity index (χ4n) is 2.84. The summed E-state index contributed by atoms with van der Waals surface area (Å²) in [4.78, 5) is 12.7. The van der Waals surface area contributed by atoms with Gasteiger partial charge >= 0.3 is 0 Å². The van der Waals surface area contributed by atoms with Crippen molar-refractivity contribution in [2.24, 2.45) is 5.14 Å². The number of hydrogen-bond donors (Lipinski definition) is 2. The largest absolute Gasteiger partial charge is 0.340 e. The smallest absolute Gasteiger partial charge is 0.137 e. The Bertz CT molecular complexity index is 1030. The Morgan fingerprint density at radius 1 is 0.964 bits per heavy atom. The maximum Gasteiger partial charge on any atom is 0.137 e. The van der Waals surface area contributed by atoms with Gasteiger partial charge in [0.15, 0.2) is 0 Å². The maximum atomic E-state index is 5.52. The number of nitrogens with zero attached hydrogens (tertiary/aromatic N) is 5. The van der Waals surface area contributed by atoms with E-state index in [1.165, 1.54) is 23.8 Å². The van der Waals surface area contributed by atoms with Crippen molar-refractivity contribution in [3.05, 3.63) is 84.7 Å². The Morgan fingerprint density at radius 2 is 1.86 bits per heavy atom. The normalized spacial score (nSPS) is 10.8. The second-order valence-electron chi connectivity index (χ2n) is 6.21. The van der Waals surface area contributed by atoms with E-state index in [2.05, 4.69) is 49.6 Å². The van der Waals surface area contributed by atoms with Crippen LogP contribution in [-0.2, 0) is 12.3 Å². The van der Waals surface area contributed by atoms with E-state index in [1.54, 1.807) is 17.3 Å². The summed E-state index contributed by atoms with van der Waals surface area (Å²) in [5.74, 6) is 1.54. The summed E-state index contributed by atoms with van der Waals surface area (Å²) in [7, 11) is 0. The lowest BCUT2D eigenvalue weighted by Gasteiger charge is -2.09. The molecule has 8 heteroatoms. The van der Waals surface area contributed by atoms with Crippen molar-refractivity contribution in [2.75, 3.05) is 5.32 Å². The molecule has 140 valence electrons. The maximum absolute atomic E-state index is 5.52. The molecule has 4 rings (SSSR count). The number of rotatable bonds is 7. The Kier molecular flexibility index (Phi) is 5.60. The van der Waals surface area contributed by atoms with Crippen LogP contribution in [0.25, 0.3) is 11.3 Å². The fraction of sp³-hybridized carbons (Fsp3) is 0.100. The van der Waals surface area contributed by atoms with Gasteiger partial charge < -0.3 is 5.32 Å². The topological polar surface area (TPSA) is 94.5 Å². The van der Waals surface area contributed by atoms with Gasteiger partial charge in [-0.25, -0.2) is 19.6 Å². The van der Waals surface area contributed by atoms with Crippen LogP contribution < -0.4 is 10.5 Å². The van der Waals surface area contributed by atoms with E-state index in [1.807, 2.05) is 30.3 Å². The Labute approximate surface area is 167 Å². The summed E-state index contributed by atoms with van der Waals surface area (Å²) in [5.41, 5.74) is 5.16. The van der Waals surface area contributed by atoms with E-state index in [9.17, 15) is 0 Å². The van der Waals surface area contributed by atoms with Crippen molar-refractivity contribution in [3.8, 4) is 11.3 Å². The molecule has 3 N–H and O–H groups in total. The van der Waals surface area contributed by atoms with Gasteiger partial charge in [0, 0.05) is 23.1 Å². The molecule has 0 fully saturated rings. The Balaban J connectivity index is 1.52. The molecule has 7 nitrogen and oxygen atoms in total. The molecule has 0 radical (unpaired) electrons. The minimum atomic E-state index is 0.664. The van der Waals surface area contributed by atoms with E-state index in [0.717, 1.165) is 34.1 Å². The SMILES string of the molecule is NSCc1ccc(Nc2cc(-c3cccc(Cn4cncn4)c3)ncn2)cc1. The third kappa shape index (κ3) is 4.54. The highest BCUT2D eigenvalue weighted by atomic mass is 32.2. The molecule has 0 unspecified atom stereocenters. The van der Waals surface area contributed by atoms with E-state index < -0.39 is 0 Å². The minimum absolute atomic E-state index is 0.664. The molecule has 28 heavy (non-hydrogen) atoms. The first kappa shape index (κ1) is 18.1. The molecule has 0 saturated heterocycles. The number of aromatic nitrogens is 5. The molecular weight excluding hydrogens is 370 g/mol. The standard InChI is InChI=1S/C20H19N7S/c21-28-11-15-4-6-18(7-5-15)26-20-9-19(23-13-24-20)17-3-1-2-16(8-17)10-27-14-22-12-25-27/h1-9,12-14H,10-11,21H2,(H,23,24,26). The van der Waals surface area contributed by atoms with E-state index >= 15 is 0 Å². The highest BCUT2D eigenvalue weighted by Crippen LogP contribution is 2.23. The predicted octanol–water partition coefficient (Wildman–Crippen LogP) is 3.63. The van der Waals surface area contributed by atoms with E-state index in [4.69, 9.17) is 5.14 Å². The van der Waals surface area contributed by atoms with E-state index in [0.29, 0.717) is 6.54 Å². The highest BCUT2D eigenvalue weighted by molar-refractivity contribution is 7.96. The predicted molar refractivity (Wildman–Crippen MR) is 112 cm³/mol. The molecule has 0 aliphatic carbocycles. The lowest BCUT2D eigenvalue weighted by molar-refractivity contribution is 0.685. The van der Waals surface area contributed by atoms with Crippen molar-refractivity contribution in [1.82, 2.24) is 24.7 Å². The average Bonchev–Trinajstić information content (AvgIpc) is 3.23. The van der Waals surface area contributed by atoms with Crippen LogP contribution >= 0.6 is 11.9 Å². The molecular formula is C20H19N7S. The summed E-state index contributed by atoms with van der Waals surface area (Å²) < 4.78 is 1.79. The quantitative estimate of drug-likeness (QED) is 0.466. The molecule has 4 aromatic rings. The molecule has 0 spiro atoms. The summed E-state index contributed by atoms with van der Waals surface area (Å²) in [6.07, 6.45) is 4.81. The second kappa shape index (κ2) is 8.64. The summed E-state index contributed by atoms with van der Waals surface area (Å²) in [6.45, 7) is 0.664. The second-order valence-corrected chi connectivity index (χ2v) is 6.84. The molecule has 2 heterocycles. The number of hydrogen-bond acceptors (Lipinski definition) is 7. The average molecular weight is 389 g/mol. The number of anilines is 2. The van der Waals surface area contributed by atoms with Crippen LogP contribution in [0.5, 0.6) is 0 Å². The first-order valence-electron chi connectivity index (χ1n) is 8.71. The summed E-state index contributed by atoms with van der Waals surface area (Å²) in [6, 6.07) is 18.3. The van der Waals surface area contributed by atoms with Crippen LogP contribution in [0, 0.1) is 0 Å². The van der Waals surface area contributed by atoms with Gasteiger partial charge in [0.1, 0.15) is 24.8 Å². The van der Waals surface area contributed by atoms with Gasteiger partial charge in [-0.15, -0.1) is 0 Å². The van der Waals surface area contributed by atoms with Crippen LogP contribution in [0.1, 0.15) is 11.1 Å². The van der Waals surface area contributed by atoms with Gasteiger partial charge in [-0.2, -0.15) is 5.10 Å². The van der Waals surface area contributed by atoms with Crippen LogP contribution in [0.3, 0.4) is 0 Å². The van der Waals surface area contributed by atoms with Crippen LogP contribution in [0.4, 0.5) is 11.5 Å². The monoisotopic (exact) mass is 389 g/mol. The third-order valence-corrected chi connectivity index (χ3v) is 4.68. The van der Waals surface area contributed by atoms with Gasteiger partial charge in [-0.3, -0.25) is 5.14 Å². The summed E-state index contributed by atoms with van der Waals surface area (Å²) in [5, 5.41) is 13.0. The summed E-state index contributed by atoms with van der Waals surface area (Å²) >= 11 is 1.32. The molecule has 2 aromatic heterocycles.